The average Bonchev–Trinajstić information content (AvgIpc) is 2.78. The van der Waals surface area contributed by atoms with Gasteiger partial charge in [0.1, 0.15) is 0 Å². The van der Waals surface area contributed by atoms with E-state index >= 15 is 0 Å². The lowest BCUT2D eigenvalue weighted by Gasteiger charge is -2.15. The third-order valence-electron chi connectivity index (χ3n) is 3.12. The van der Waals surface area contributed by atoms with Crippen LogP contribution in [0, 0.1) is 11.8 Å². The maximum absolute atomic E-state index is 2.43. The minimum Gasteiger partial charge on any atom is -0.0807 e. The summed E-state index contributed by atoms with van der Waals surface area (Å²) in [6.07, 6.45) is 9.53. The maximum atomic E-state index is 2.43. The van der Waals surface area contributed by atoms with E-state index in [-0.39, 0.29) is 8.40 Å². The van der Waals surface area contributed by atoms with Crippen molar-refractivity contribution in [3.63, 3.8) is 0 Å². The van der Waals surface area contributed by atoms with E-state index in [9.17, 15) is 0 Å². The molecule has 0 amide bonds. The number of hydrogen-bond donors (Lipinski definition) is 0. The minimum absolute atomic E-state index is 0.378. The SMILES string of the molecule is C1=CC2C=CC1C2[si]1ccccc1. The predicted molar refractivity (Wildman–Crippen MR) is 56.7 cm³/mol. The standard InChI is InChI=1S/C12H12Si/c1-2-8-13(9-3-1)12-10-4-5-11(12)7-6-10/h1-12H. The summed E-state index contributed by atoms with van der Waals surface area (Å²) in [5.41, 5.74) is 5.73. The van der Waals surface area contributed by atoms with Crippen LogP contribution in [0.25, 0.3) is 0 Å². The van der Waals surface area contributed by atoms with E-state index in [0.717, 1.165) is 17.4 Å². The van der Waals surface area contributed by atoms with Gasteiger partial charge < -0.3 is 0 Å². The Labute approximate surface area is 80.1 Å². The number of hydrogen-bond acceptors (Lipinski definition) is 0. The Morgan fingerprint density at radius 2 is 1.23 bits per heavy atom. The van der Waals surface area contributed by atoms with Crippen LogP contribution in [0.4, 0.5) is 0 Å². The van der Waals surface area contributed by atoms with Crippen LogP contribution >= 0.6 is 0 Å². The highest BCUT2D eigenvalue weighted by atomic mass is 28.2. The average molecular weight is 184 g/mol. The molecule has 0 radical (unpaired) electrons. The molecule has 2 aliphatic carbocycles. The van der Waals surface area contributed by atoms with E-state index < -0.39 is 0 Å². The van der Waals surface area contributed by atoms with Gasteiger partial charge in [0.05, 0.1) is 0 Å². The van der Waals surface area contributed by atoms with Crippen LogP contribution < -0.4 is 0 Å². The Kier molecular flexibility index (Phi) is 1.59. The smallest absolute Gasteiger partial charge is 0.0421 e. The molecule has 3 rings (SSSR count). The molecule has 0 saturated heterocycles. The molecule has 0 spiro atoms. The number of rotatable bonds is 1. The summed E-state index contributed by atoms with van der Waals surface area (Å²) in [7, 11) is -0.378. The highest BCUT2D eigenvalue weighted by Crippen LogP contribution is 2.41. The first-order valence-corrected chi connectivity index (χ1v) is 6.60. The molecular formula is C12H12Si. The van der Waals surface area contributed by atoms with Gasteiger partial charge >= 0.3 is 0 Å². The summed E-state index contributed by atoms with van der Waals surface area (Å²) in [5.74, 6) is 1.48. The Morgan fingerprint density at radius 1 is 0.692 bits per heavy atom. The van der Waals surface area contributed by atoms with Crippen LogP contribution in [0.5, 0.6) is 0 Å². The van der Waals surface area contributed by atoms with E-state index in [2.05, 4.69) is 53.9 Å². The molecule has 1 aromatic heterocycles. The lowest BCUT2D eigenvalue weighted by atomic mass is 10.1. The van der Waals surface area contributed by atoms with E-state index in [4.69, 9.17) is 0 Å². The Morgan fingerprint density at radius 3 is 1.77 bits per heavy atom. The molecule has 0 atom stereocenters. The van der Waals surface area contributed by atoms with Gasteiger partial charge in [0.25, 0.3) is 0 Å². The molecule has 0 N–H and O–H groups in total. The molecule has 2 aliphatic rings. The van der Waals surface area contributed by atoms with Gasteiger partial charge in [0.2, 0.25) is 0 Å². The van der Waals surface area contributed by atoms with Gasteiger partial charge in [-0.25, -0.2) is 0 Å². The third kappa shape index (κ3) is 1.07. The van der Waals surface area contributed by atoms with Crippen LogP contribution in [0.1, 0.15) is 5.54 Å². The van der Waals surface area contributed by atoms with Gasteiger partial charge in [0.15, 0.2) is 0 Å². The zero-order valence-electron chi connectivity index (χ0n) is 7.43. The maximum Gasteiger partial charge on any atom is 0.0421 e. The molecule has 1 heterocycles. The van der Waals surface area contributed by atoms with Crippen LogP contribution in [-0.4, -0.2) is 8.40 Å². The summed E-state index contributed by atoms with van der Waals surface area (Å²) in [4.78, 5) is 0. The summed E-state index contributed by atoms with van der Waals surface area (Å²) >= 11 is 0. The summed E-state index contributed by atoms with van der Waals surface area (Å²) in [6.45, 7) is 0. The molecule has 13 heavy (non-hydrogen) atoms. The van der Waals surface area contributed by atoms with Crippen molar-refractivity contribution in [3.8, 4) is 0 Å². The Bertz CT molecular complexity index is 334. The molecule has 2 bridgehead atoms. The van der Waals surface area contributed by atoms with Crippen molar-refractivity contribution in [1.29, 1.82) is 0 Å². The predicted octanol–water partition coefficient (Wildman–Crippen LogP) is 2.63. The first-order valence-electron chi connectivity index (χ1n) is 4.87. The normalized spacial score (nSPS) is 34.3. The van der Waals surface area contributed by atoms with Gasteiger partial charge in [-0.2, -0.15) is 0 Å². The number of fused-ring (bicyclic) bond motifs is 2. The van der Waals surface area contributed by atoms with Gasteiger partial charge in [-0.3, -0.25) is 0 Å². The summed E-state index contributed by atoms with van der Waals surface area (Å²) in [6, 6.07) is 6.56. The van der Waals surface area contributed by atoms with Crippen LogP contribution in [0.3, 0.4) is 0 Å². The van der Waals surface area contributed by atoms with Gasteiger partial charge in [0, 0.05) is 8.40 Å². The van der Waals surface area contributed by atoms with Crippen LogP contribution in [0.2, 0.25) is 0 Å². The molecule has 1 aromatic rings. The second-order valence-corrected chi connectivity index (χ2v) is 6.19. The third-order valence-corrected chi connectivity index (χ3v) is 5.82. The van der Waals surface area contributed by atoms with Crippen molar-refractivity contribution in [2.24, 2.45) is 11.8 Å². The second-order valence-electron chi connectivity index (χ2n) is 3.86. The first kappa shape index (κ1) is 7.45. The molecular weight excluding hydrogens is 172 g/mol. The van der Waals surface area contributed by atoms with E-state index in [1.165, 1.54) is 0 Å². The van der Waals surface area contributed by atoms with Crippen molar-refractivity contribution < 1.29 is 0 Å². The Balaban J connectivity index is 1.98. The monoisotopic (exact) mass is 184 g/mol. The summed E-state index contributed by atoms with van der Waals surface area (Å²) in [5, 5.41) is 0. The lowest BCUT2D eigenvalue weighted by Crippen LogP contribution is -2.15. The fraction of sp³-hybridized carbons (Fsp3) is 0.250. The molecule has 0 aliphatic heterocycles. The largest absolute Gasteiger partial charge is 0.0807 e. The van der Waals surface area contributed by atoms with Crippen molar-refractivity contribution in [2.75, 3.05) is 0 Å². The van der Waals surface area contributed by atoms with Gasteiger partial charge in [-0.1, -0.05) is 53.9 Å². The molecule has 0 fully saturated rings. The van der Waals surface area contributed by atoms with Crippen molar-refractivity contribution in [3.05, 3.63) is 53.9 Å². The van der Waals surface area contributed by atoms with Gasteiger partial charge in [-0.05, 0) is 17.4 Å². The Hall–Kier alpha value is -0.953. The fourth-order valence-electron chi connectivity index (χ4n) is 2.50. The molecule has 0 aromatic carbocycles. The quantitative estimate of drug-likeness (QED) is 0.465. The van der Waals surface area contributed by atoms with Crippen molar-refractivity contribution in [2.45, 2.75) is 5.54 Å². The number of allylic oxidation sites excluding steroid dienone is 4. The fourth-order valence-corrected chi connectivity index (χ4v) is 5.05. The summed E-state index contributed by atoms with van der Waals surface area (Å²) < 4.78 is 0. The highest BCUT2D eigenvalue weighted by Gasteiger charge is 2.34. The topological polar surface area (TPSA) is 0 Å². The molecule has 0 unspecified atom stereocenters. The zero-order valence-corrected chi connectivity index (χ0v) is 8.43. The zero-order chi connectivity index (χ0) is 8.67. The molecule has 0 saturated carbocycles. The van der Waals surface area contributed by atoms with E-state index in [1.807, 2.05) is 0 Å². The van der Waals surface area contributed by atoms with E-state index in [1.54, 1.807) is 0 Å². The van der Waals surface area contributed by atoms with Crippen molar-refractivity contribution >= 4 is 8.40 Å². The van der Waals surface area contributed by atoms with Crippen molar-refractivity contribution in [1.82, 2.24) is 0 Å². The molecule has 0 nitrogen and oxygen atoms in total. The van der Waals surface area contributed by atoms with Crippen LogP contribution in [-0.2, 0) is 0 Å². The first-order chi connectivity index (χ1) is 6.45. The van der Waals surface area contributed by atoms with Crippen LogP contribution in [0.15, 0.2) is 53.9 Å². The van der Waals surface area contributed by atoms with E-state index in [0.29, 0.717) is 0 Å². The van der Waals surface area contributed by atoms with Gasteiger partial charge in [-0.15, -0.1) is 0 Å². The molecule has 1 heteroatoms. The second kappa shape index (κ2) is 2.77. The highest BCUT2D eigenvalue weighted by molar-refractivity contribution is 6.52. The lowest BCUT2D eigenvalue weighted by molar-refractivity contribution is 0.680. The minimum atomic E-state index is -0.378. The molecule has 64 valence electrons.